The Balaban J connectivity index is 2.09. The van der Waals surface area contributed by atoms with Crippen LogP contribution in [0.1, 0.15) is 33.1 Å². The second-order valence-corrected chi connectivity index (χ2v) is 5.35. The van der Waals surface area contributed by atoms with Crippen LogP contribution in [0, 0.1) is 22.0 Å². The summed E-state index contributed by atoms with van der Waals surface area (Å²) in [5, 5.41) is 10.8. The molecule has 0 radical (unpaired) electrons. The molecule has 0 bridgehead atoms. The van der Waals surface area contributed by atoms with Gasteiger partial charge in [0.05, 0.1) is 17.1 Å². The quantitative estimate of drug-likeness (QED) is 0.670. The number of anilines is 1. The molecule has 0 spiro atoms. The highest BCUT2D eigenvalue weighted by molar-refractivity contribution is 5.45. The molecule has 0 aromatic carbocycles. The Morgan fingerprint density at radius 3 is 2.74 bits per heavy atom. The molecule has 6 nitrogen and oxygen atoms in total. The molecule has 0 amide bonds. The molecule has 1 aliphatic carbocycles. The van der Waals surface area contributed by atoms with Gasteiger partial charge in [0.15, 0.2) is 0 Å². The van der Waals surface area contributed by atoms with Gasteiger partial charge in [-0.1, -0.05) is 13.8 Å². The molecule has 1 aromatic rings. The molecule has 3 unspecified atom stereocenters. The molecule has 104 valence electrons. The van der Waals surface area contributed by atoms with E-state index >= 15 is 0 Å². The van der Waals surface area contributed by atoms with E-state index in [9.17, 15) is 10.1 Å². The van der Waals surface area contributed by atoms with Gasteiger partial charge in [0.2, 0.25) is 5.88 Å². The van der Waals surface area contributed by atoms with Crippen molar-refractivity contribution < 1.29 is 9.66 Å². The Morgan fingerprint density at radius 1 is 1.37 bits per heavy atom. The number of nitrogen functional groups attached to an aromatic ring is 1. The molecule has 2 rings (SSSR count). The van der Waals surface area contributed by atoms with E-state index in [1.807, 2.05) is 0 Å². The molecule has 3 atom stereocenters. The van der Waals surface area contributed by atoms with Gasteiger partial charge in [0, 0.05) is 0 Å². The molecular formula is C13H19N3O3. The van der Waals surface area contributed by atoms with Gasteiger partial charge in [-0.2, -0.15) is 4.98 Å². The van der Waals surface area contributed by atoms with Crippen molar-refractivity contribution in [2.24, 2.45) is 11.8 Å². The third-order valence-corrected chi connectivity index (χ3v) is 3.85. The van der Waals surface area contributed by atoms with Crippen molar-refractivity contribution >= 4 is 11.5 Å². The standard InChI is InChI=1S/C13H19N3O3/c1-8-3-4-11(5-9(8)2)19-13-7-10(16(17)18)6-12(14)15-13/h6-9,11H,3-5H2,1-2H3,(H2,14,15). The summed E-state index contributed by atoms with van der Waals surface area (Å²) in [6.07, 6.45) is 3.08. The number of ether oxygens (including phenoxy) is 1. The lowest BCUT2D eigenvalue weighted by Gasteiger charge is -2.31. The van der Waals surface area contributed by atoms with Crippen molar-refractivity contribution in [3.05, 3.63) is 22.2 Å². The van der Waals surface area contributed by atoms with Gasteiger partial charge in [0.25, 0.3) is 5.69 Å². The van der Waals surface area contributed by atoms with Crippen LogP contribution >= 0.6 is 0 Å². The third kappa shape index (κ3) is 3.33. The first kappa shape index (κ1) is 13.6. The zero-order valence-electron chi connectivity index (χ0n) is 11.2. The Morgan fingerprint density at radius 2 is 2.11 bits per heavy atom. The monoisotopic (exact) mass is 265 g/mol. The highest BCUT2D eigenvalue weighted by atomic mass is 16.6. The van der Waals surface area contributed by atoms with E-state index in [2.05, 4.69) is 18.8 Å². The topological polar surface area (TPSA) is 91.3 Å². The number of hydrogen-bond acceptors (Lipinski definition) is 5. The van der Waals surface area contributed by atoms with Crippen LogP contribution in [-0.4, -0.2) is 16.0 Å². The van der Waals surface area contributed by atoms with Crippen LogP contribution < -0.4 is 10.5 Å². The van der Waals surface area contributed by atoms with E-state index < -0.39 is 4.92 Å². The summed E-state index contributed by atoms with van der Waals surface area (Å²) in [6, 6.07) is 2.57. The molecule has 1 heterocycles. The minimum Gasteiger partial charge on any atom is -0.474 e. The Bertz CT molecular complexity index is 478. The van der Waals surface area contributed by atoms with Crippen LogP contribution in [0.15, 0.2) is 12.1 Å². The first-order valence-corrected chi connectivity index (χ1v) is 6.54. The Kier molecular flexibility index (Phi) is 3.87. The zero-order chi connectivity index (χ0) is 14.0. The number of rotatable bonds is 3. The smallest absolute Gasteiger partial charge is 0.278 e. The average molecular weight is 265 g/mol. The fourth-order valence-electron chi connectivity index (χ4n) is 2.45. The van der Waals surface area contributed by atoms with Gasteiger partial charge in [0.1, 0.15) is 11.9 Å². The summed E-state index contributed by atoms with van der Waals surface area (Å²) in [5.74, 6) is 1.65. The summed E-state index contributed by atoms with van der Waals surface area (Å²) < 4.78 is 5.75. The van der Waals surface area contributed by atoms with Crippen LogP contribution in [-0.2, 0) is 0 Å². The normalized spacial score (nSPS) is 26.9. The number of aromatic nitrogens is 1. The highest BCUT2D eigenvalue weighted by Gasteiger charge is 2.26. The van der Waals surface area contributed by atoms with Crippen molar-refractivity contribution in [1.29, 1.82) is 0 Å². The highest BCUT2D eigenvalue weighted by Crippen LogP contribution is 2.32. The predicted octanol–water partition coefficient (Wildman–Crippen LogP) is 2.78. The molecule has 1 fully saturated rings. The van der Waals surface area contributed by atoms with Gasteiger partial charge in [-0.05, 0) is 31.1 Å². The van der Waals surface area contributed by atoms with Gasteiger partial charge in [-0.15, -0.1) is 0 Å². The predicted molar refractivity (Wildman–Crippen MR) is 71.9 cm³/mol. The van der Waals surface area contributed by atoms with E-state index in [-0.39, 0.29) is 23.5 Å². The first-order chi connectivity index (χ1) is 8.95. The van der Waals surface area contributed by atoms with Crippen molar-refractivity contribution in [2.75, 3.05) is 5.73 Å². The van der Waals surface area contributed by atoms with E-state index in [0.29, 0.717) is 11.8 Å². The number of pyridine rings is 1. The first-order valence-electron chi connectivity index (χ1n) is 6.54. The van der Waals surface area contributed by atoms with Gasteiger partial charge in [-0.3, -0.25) is 10.1 Å². The SMILES string of the molecule is CC1CCC(Oc2cc([N+](=O)[O-])cc(N)n2)CC1C. The Hall–Kier alpha value is -1.85. The molecule has 6 heteroatoms. The molecule has 2 N–H and O–H groups in total. The minimum atomic E-state index is -0.490. The van der Waals surface area contributed by atoms with Crippen LogP contribution in [0.4, 0.5) is 11.5 Å². The second kappa shape index (κ2) is 5.42. The second-order valence-electron chi connectivity index (χ2n) is 5.35. The van der Waals surface area contributed by atoms with Crippen LogP contribution in [0.5, 0.6) is 5.88 Å². The fraction of sp³-hybridized carbons (Fsp3) is 0.615. The van der Waals surface area contributed by atoms with Gasteiger partial charge < -0.3 is 10.5 Å². The lowest BCUT2D eigenvalue weighted by Crippen LogP contribution is -2.29. The summed E-state index contributed by atoms with van der Waals surface area (Å²) in [6.45, 7) is 4.44. The van der Waals surface area contributed by atoms with E-state index in [1.54, 1.807) is 0 Å². The largest absolute Gasteiger partial charge is 0.474 e. The fourth-order valence-corrected chi connectivity index (χ4v) is 2.45. The van der Waals surface area contributed by atoms with E-state index in [4.69, 9.17) is 10.5 Å². The summed E-state index contributed by atoms with van der Waals surface area (Å²) in [4.78, 5) is 14.3. The van der Waals surface area contributed by atoms with Gasteiger partial charge >= 0.3 is 0 Å². The summed E-state index contributed by atoms with van der Waals surface area (Å²) in [7, 11) is 0. The maximum Gasteiger partial charge on any atom is 0.278 e. The molecule has 1 aromatic heterocycles. The maximum atomic E-state index is 10.8. The lowest BCUT2D eigenvalue weighted by atomic mass is 9.80. The number of nitrogens with zero attached hydrogens (tertiary/aromatic N) is 2. The van der Waals surface area contributed by atoms with Gasteiger partial charge in [-0.25, -0.2) is 0 Å². The molecule has 1 saturated carbocycles. The molecule has 1 aliphatic rings. The molecule has 0 aliphatic heterocycles. The Labute approximate surface area is 112 Å². The number of nitro groups is 1. The minimum absolute atomic E-state index is 0.0695. The number of nitrogens with two attached hydrogens (primary N) is 1. The summed E-state index contributed by atoms with van der Waals surface area (Å²) in [5.41, 5.74) is 5.47. The average Bonchev–Trinajstić information content (AvgIpc) is 2.33. The lowest BCUT2D eigenvalue weighted by molar-refractivity contribution is -0.384. The summed E-state index contributed by atoms with van der Waals surface area (Å²) >= 11 is 0. The molecule has 0 saturated heterocycles. The third-order valence-electron chi connectivity index (χ3n) is 3.85. The van der Waals surface area contributed by atoms with Crippen LogP contribution in [0.2, 0.25) is 0 Å². The zero-order valence-corrected chi connectivity index (χ0v) is 11.2. The molecule has 19 heavy (non-hydrogen) atoms. The van der Waals surface area contributed by atoms with Crippen molar-refractivity contribution in [2.45, 2.75) is 39.2 Å². The van der Waals surface area contributed by atoms with E-state index in [0.717, 1.165) is 19.3 Å². The van der Waals surface area contributed by atoms with Crippen molar-refractivity contribution in [1.82, 2.24) is 4.98 Å². The van der Waals surface area contributed by atoms with Crippen molar-refractivity contribution in [3.8, 4) is 5.88 Å². The van der Waals surface area contributed by atoms with E-state index in [1.165, 1.54) is 12.1 Å². The maximum absolute atomic E-state index is 10.8. The molecular weight excluding hydrogens is 246 g/mol. The van der Waals surface area contributed by atoms with Crippen LogP contribution in [0.3, 0.4) is 0 Å². The number of hydrogen-bond donors (Lipinski definition) is 1. The van der Waals surface area contributed by atoms with Crippen molar-refractivity contribution in [3.63, 3.8) is 0 Å². The van der Waals surface area contributed by atoms with Crippen LogP contribution in [0.25, 0.3) is 0 Å².